The van der Waals surface area contributed by atoms with Crippen molar-refractivity contribution in [2.45, 2.75) is 12.5 Å². The van der Waals surface area contributed by atoms with Gasteiger partial charge in [-0.2, -0.15) is 4.98 Å². The molecule has 92 valence electrons. The van der Waals surface area contributed by atoms with Gasteiger partial charge in [0.05, 0.1) is 6.61 Å². The molecule has 4 rings (SSSR count). The molecule has 0 bridgehead atoms. The maximum Gasteiger partial charge on any atom is 0.241 e. The van der Waals surface area contributed by atoms with Crippen molar-refractivity contribution in [3.8, 4) is 5.88 Å². The first-order chi connectivity index (χ1) is 8.90. The maximum atomic E-state index is 5.97. The van der Waals surface area contributed by atoms with Gasteiger partial charge in [-0.05, 0) is 18.6 Å². The average Bonchev–Trinajstić information content (AvgIpc) is 2.76. The van der Waals surface area contributed by atoms with E-state index in [2.05, 4.69) is 15.0 Å². The molecular formula is C13H13N3O2. The Morgan fingerprint density at radius 2 is 2.33 bits per heavy atom. The van der Waals surface area contributed by atoms with E-state index in [4.69, 9.17) is 9.47 Å². The summed E-state index contributed by atoms with van der Waals surface area (Å²) >= 11 is 0. The van der Waals surface area contributed by atoms with Crippen molar-refractivity contribution in [1.29, 1.82) is 0 Å². The Hall–Kier alpha value is -1.75. The fourth-order valence-corrected chi connectivity index (χ4v) is 2.56. The van der Waals surface area contributed by atoms with Crippen LogP contribution in [-0.4, -0.2) is 30.8 Å². The molecule has 1 fully saturated rings. The lowest BCUT2D eigenvalue weighted by Crippen LogP contribution is -2.38. The first-order valence-electron chi connectivity index (χ1n) is 6.24. The van der Waals surface area contributed by atoms with E-state index in [-0.39, 0.29) is 6.10 Å². The largest absolute Gasteiger partial charge is 0.470 e. The number of rotatable bonds is 0. The predicted octanol–water partition coefficient (Wildman–Crippen LogP) is 0.103. The summed E-state index contributed by atoms with van der Waals surface area (Å²) in [7, 11) is 0. The molecule has 2 atom stereocenters. The Morgan fingerprint density at radius 3 is 3.33 bits per heavy atom. The SMILES string of the molecule is C1=Cc2cc3c(nc2=N1)O[C@@H]1COCC[C@H]1CN=3. The molecule has 18 heavy (non-hydrogen) atoms. The van der Waals surface area contributed by atoms with Crippen LogP contribution in [0.2, 0.25) is 0 Å². The van der Waals surface area contributed by atoms with Crippen molar-refractivity contribution < 1.29 is 9.47 Å². The van der Waals surface area contributed by atoms with Crippen LogP contribution in [0, 0.1) is 5.92 Å². The Kier molecular flexibility index (Phi) is 2.20. The molecule has 3 aliphatic heterocycles. The highest BCUT2D eigenvalue weighted by Gasteiger charge is 2.30. The summed E-state index contributed by atoms with van der Waals surface area (Å²) in [4.78, 5) is 13.3. The summed E-state index contributed by atoms with van der Waals surface area (Å²) in [6.07, 6.45) is 4.78. The highest BCUT2D eigenvalue weighted by atomic mass is 16.5. The summed E-state index contributed by atoms with van der Waals surface area (Å²) in [6, 6.07) is 2.00. The zero-order valence-corrected chi connectivity index (χ0v) is 9.87. The van der Waals surface area contributed by atoms with Gasteiger partial charge >= 0.3 is 0 Å². The molecule has 0 saturated carbocycles. The van der Waals surface area contributed by atoms with E-state index >= 15 is 0 Å². The van der Waals surface area contributed by atoms with E-state index in [1.807, 2.05) is 12.1 Å². The number of fused-ring (bicyclic) bond motifs is 3. The van der Waals surface area contributed by atoms with E-state index < -0.39 is 0 Å². The lowest BCUT2D eigenvalue weighted by molar-refractivity contribution is -0.0273. The van der Waals surface area contributed by atoms with Gasteiger partial charge in [0.2, 0.25) is 5.88 Å². The molecule has 1 aromatic heterocycles. The minimum Gasteiger partial charge on any atom is -0.470 e. The molecular weight excluding hydrogens is 230 g/mol. The second-order valence-electron chi connectivity index (χ2n) is 4.79. The number of aromatic nitrogens is 1. The van der Waals surface area contributed by atoms with Crippen molar-refractivity contribution in [1.82, 2.24) is 4.98 Å². The van der Waals surface area contributed by atoms with E-state index in [0.29, 0.717) is 18.4 Å². The Balaban J connectivity index is 1.81. The summed E-state index contributed by atoms with van der Waals surface area (Å²) in [5, 5.41) is 0.838. The molecule has 0 amide bonds. The highest BCUT2D eigenvalue weighted by molar-refractivity contribution is 5.50. The fourth-order valence-electron chi connectivity index (χ4n) is 2.56. The van der Waals surface area contributed by atoms with Gasteiger partial charge < -0.3 is 9.47 Å². The van der Waals surface area contributed by atoms with Gasteiger partial charge in [0.25, 0.3) is 0 Å². The second kappa shape index (κ2) is 3.88. The second-order valence-corrected chi connectivity index (χ2v) is 4.79. The fraction of sp³-hybridized carbons (Fsp3) is 0.462. The molecule has 5 nitrogen and oxygen atoms in total. The number of nitrogens with zero attached hydrogens (tertiary/aromatic N) is 3. The van der Waals surface area contributed by atoms with Crippen LogP contribution in [0.1, 0.15) is 12.0 Å². The third-order valence-corrected chi connectivity index (χ3v) is 3.63. The molecule has 0 unspecified atom stereocenters. The van der Waals surface area contributed by atoms with E-state index in [1.165, 1.54) is 0 Å². The summed E-state index contributed by atoms with van der Waals surface area (Å²) < 4.78 is 11.4. The van der Waals surface area contributed by atoms with Crippen molar-refractivity contribution in [3.05, 3.63) is 28.7 Å². The van der Waals surface area contributed by atoms with Gasteiger partial charge in [0.1, 0.15) is 11.5 Å². The molecule has 3 aliphatic rings. The molecule has 0 aliphatic carbocycles. The molecule has 4 heterocycles. The molecule has 0 N–H and O–H groups in total. The summed E-state index contributed by atoms with van der Waals surface area (Å²) in [5.41, 5.74) is 1.74. The van der Waals surface area contributed by atoms with Crippen molar-refractivity contribution in [2.75, 3.05) is 19.8 Å². The van der Waals surface area contributed by atoms with E-state index in [9.17, 15) is 0 Å². The first kappa shape index (κ1) is 10.2. The quantitative estimate of drug-likeness (QED) is 0.649. The summed E-state index contributed by atoms with van der Waals surface area (Å²) in [5.74, 6) is 1.04. The third kappa shape index (κ3) is 1.54. The van der Waals surface area contributed by atoms with Crippen molar-refractivity contribution >= 4 is 6.08 Å². The maximum absolute atomic E-state index is 5.97. The molecule has 0 aromatic carbocycles. The predicted molar refractivity (Wildman–Crippen MR) is 63.8 cm³/mol. The number of ether oxygens (including phenoxy) is 2. The van der Waals surface area contributed by atoms with Gasteiger partial charge in [0, 0.05) is 30.8 Å². The minimum atomic E-state index is 0.0728. The lowest BCUT2D eigenvalue weighted by atomic mass is 9.97. The highest BCUT2D eigenvalue weighted by Crippen LogP contribution is 2.21. The Morgan fingerprint density at radius 1 is 1.33 bits per heavy atom. The molecule has 0 spiro atoms. The number of pyridine rings is 1. The van der Waals surface area contributed by atoms with Crippen LogP contribution < -0.4 is 15.6 Å². The molecule has 5 heteroatoms. The van der Waals surface area contributed by atoms with Crippen LogP contribution in [0.5, 0.6) is 5.88 Å². The standard InChI is InChI=1S/C13H13N3O2/c1-3-14-12-8(1)5-10-13(16-12)18-11-7-17-4-2-9(11)6-15-10/h1,3,5,9,11H,2,4,6-7H2/t9-,11+/m0/s1. The van der Waals surface area contributed by atoms with E-state index in [0.717, 1.165) is 36.0 Å². The zero-order valence-electron chi connectivity index (χ0n) is 9.87. The zero-order chi connectivity index (χ0) is 11.9. The van der Waals surface area contributed by atoms with Crippen LogP contribution >= 0.6 is 0 Å². The normalized spacial score (nSPS) is 28.0. The van der Waals surface area contributed by atoms with Gasteiger partial charge in [-0.3, -0.25) is 4.99 Å². The van der Waals surface area contributed by atoms with Crippen LogP contribution in [0.25, 0.3) is 6.08 Å². The Bertz CT molecular complexity index is 638. The number of hydrogen-bond donors (Lipinski definition) is 0. The van der Waals surface area contributed by atoms with Crippen LogP contribution in [-0.2, 0) is 4.74 Å². The van der Waals surface area contributed by atoms with Gasteiger partial charge in [-0.25, -0.2) is 4.99 Å². The van der Waals surface area contributed by atoms with Gasteiger partial charge in [-0.15, -0.1) is 0 Å². The molecule has 0 radical (unpaired) electrons. The third-order valence-electron chi connectivity index (χ3n) is 3.63. The van der Waals surface area contributed by atoms with Gasteiger partial charge in [-0.1, -0.05) is 0 Å². The summed E-state index contributed by atoms with van der Waals surface area (Å²) in [6.45, 7) is 2.23. The minimum absolute atomic E-state index is 0.0728. The van der Waals surface area contributed by atoms with Crippen LogP contribution in [0.15, 0.2) is 22.3 Å². The lowest BCUT2D eigenvalue weighted by Gasteiger charge is -2.28. The Labute approximate surface area is 104 Å². The molecule has 1 saturated heterocycles. The van der Waals surface area contributed by atoms with E-state index in [1.54, 1.807) is 6.20 Å². The van der Waals surface area contributed by atoms with Crippen LogP contribution in [0.3, 0.4) is 0 Å². The monoisotopic (exact) mass is 243 g/mol. The number of hydrogen-bond acceptors (Lipinski definition) is 5. The smallest absolute Gasteiger partial charge is 0.241 e. The topological polar surface area (TPSA) is 56.1 Å². The van der Waals surface area contributed by atoms with Crippen molar-refractivity contribution in [3.63, 3.8) is 0 Å². The average molecular weight is 243 g/mol. The first-order valence-corrected chi connectivity index (χ1v) is 6.24. The van der Waals surface area contributed by atoms with Gasteiger partial charge in [0.15, 0.2) is 5.49 Å². The van der Waals surface area contributed by atoms with Crippen LogP contribution in [0.4, 0.5) is 0 Å². The molecule has 1 aromatic rings. The van der Waals surface area contributed by atoms with Crippen molar-refractivity contribution in [2.24, 2.45) is 15.9 Å².